The molecular weight excluding hydrogens is 168 g/mol. The van der Waals surface area contributed by atoms with Crippen LogP contribution in [0.25, 0.3) is 0 Å². The van der Waals surface area contributed by atoms with Crippen LogP contribution in [0.5, 0.6) is 0 Å². The van der Waals surface area contributed by atoms with E-state index in [1.165, 1.54) is 0 Å². The second kappa shape index (κ2) is 6.22. The number of nitrogens with zero attached hydrogens (tertiary/aromatic N) is 1. The zero-order valence-electron chi connectivity index (χ0n) is 8.33. The molecule has 0 heterocycles. The van der Waals surface area contributed by atoms with Gasteiger partial charge in [-0.25, -0.2) is 4.99 Å². The number of carbonyl (C=O) groups excluding carboxylic acids is 1. The van der Waals surface area contributed by atoms with E-state index in [1.54, 1.807) is 26.8 Å². The summed E-state index contributed by atoms with van der Waals surface area (Å²) in [6.45, 7) is 5.64. The third kappa shape index (κ3) is 5.90. The van der Waals surface area contributed by atoms with E-state index in [4.69, 9.17) is 10.5 Å². The molecule has 0 aliphatic heterocycles. The van der Waals surface area contributed by atoms with Gasteiger partial charge in [-0.05, 0) is 20.8 Å². The van der Waals surface area contributed by atoms with Crippen LogP contribution in [0.2, 0.25) is 0 Å². The number of hydrogen-bond acceptors (Lipinski definition) is 3. The Bertz CT molecular complexity index is 228. The predicted molar refractivity (Wildman–Crippen MR) is 52.3 cm³/mol. The summed E-state index contributed by atoms with van der Waals surface area (Å²) in [6.07, 6.45) is 1.92. The van der Waals surface area contributed by atoms with E-state index in [0.29, 0.717) is 18.1 Å². The number of rotatable bonds is 4. The fourth-order valence-corrected chi connectivity index (χ4v) is 0.793. The molecule has 0 aliphatic carbocycles. The van der Waals surface area contributed by atoms with Gasteiger partial charge in [-0.15, -0.1) is 0 Å². The van der Waals surface area contributed by atoms with E-state index < -0.39 is 0 Å². The minimum absolute atomic E-state index is 0.179. The van der Waals surface area contributed by atoms with Crippen molar-refractivity contribution in [2.24, 2.45) is 10.7 Å². The van der Waals surface area contributed by atoms with Crippen molar-refractivity contribution in [1.82, 2.24) is 0 Å². The summed E-state index contributed by atoms with van der Waals surface area (Å²) in [5.41, 5.74) is 6.01. The lowest BCUT2D eigenvalue weighted by atomic mass is 10.3. The molecule has 0 aliphatic rings. The first-order valence-corrected chi connectivity index (χ1v) is 4.21. The fraction of sp³-hybridized carbons (Fsp3) is 0.556. The van der Waals surface area contributed by atoms with Crippen LogP contribution >= 0.6 is 0 Å². The average Bonchev–Trinajstić information content (AvgIpc) is 2.02. The Labute approximate surface area is 78.5 Å². The smallest absolute Gasteiger partial charge is 0.311 e. The van der Waals surface area contributed by atoms with E-state index >= 15 is 0 Å². The molecule has 0 saturated carbocycles. The predicted octanol–water partition coefficient (Wildman–Crippen LogP) is 1.22. The first kappa shape index (κ1) is 11.7. The topological polar surface area (TPSA) is 64.7 Å². The molecule has 0 fully saturated rings. The van der Waals surface area contributed by atoms with E-state index in [2.05, 4.69) is 4.99 Å². The average molecular weight is 184 g/mol. The Hall–Kier alpha value is -1.32. The summed E-state index contributed by atoms with van der Waals surface area (Å²) in [5, 5.41) is 0. The fourth-order valence-electron chi connectivity index (χ4n) is 0.793. The summed E-state index contributed by atoms with van der Waals surface area (Å²) < 4.78 is 4.77. The third-order valence-corrected chi connectivity index (χ3v) is 1.28. The number of ether oxygens (including phenoxy) is 1. The summed E-state index contributed by atoms with van der Waals surface area (Å²) >= 11 is 0. The number of nitrogens with two attached hydrogens (primary N) is 1. The van der Waals surface area contributed by atoms with Crippen molar-refractivity contribution in [3.63, 3.8) is 0 Å². The van der Waals surface area contributed by atoms with Gasteiger partial charge in [-0.2, -0.15) is 0 Å². The summed E-state index contributed by atoms with van der Waals surface area (Å²) in [5.74, 6) is 0.165. The van der Waals surface area contributed by atoms with E-state index in [-0.39, 0.29) is 12.4 Å². The minimum atomic E-state index is -0.277. The molecule has 0 aromatic heterocycles. The quantitative estimate of drug-likeness (QED) is 0.406. The normalized spacial score (nSPS) is 12.8. The molecule has 13 heavy (non-hydrogen) atoms. The molecule has 4 nitrogen and oxygen atoms in total. The second-order valence-corrected chi connectivity index (χ2v) is 2.51. The number of esters is 1. The van der Waals surface area contributed by atoms with E-state index in [1.807, 2.05) is 0 Å². The van der Waals surface area contributed by atoms with Crippen molar-refractivity contribution in [3.8, 4) is 0 Å². The number of hydrogen-bond donors (Lipinski definition) is 1. The Kier molecular flexibility index (Phi) is 5.59. The van der Waals surface area contributed by atoms with Crippen LogP contribution in [0.4, 0.5) is 0 Å². The van der Waals surface area contributed by atoms with E-state index in [0.717, 1.165) is 0 Å². The lowest BCUT2D eigenvalue weighted by Crippen LogP contribution is -2.08. The molecular formula is C9H16N2O2. The first-order valence-electron chi connectivity index (χ1n) is 4.21. The van der Waals surface area contributed by atoms with Crippen LogP contribution < -0.4 is 5.73 Å². The van der Waals surface area contributed by atoms with Crippen LogP contribution in [-0.4, -0.2) is 18.4 Å². The third-order valence-electron chi connectivity index (χ3n) is 1.28. The monoisotopic (exact) mass is 184 g/mol. The zero-order valence-corrected chi connectivity index (χ0v) is 8.33. The summed E-state index contributed by atoms with van der Waals surface area (Å²) in [7, 11) is 0. The Morgan fingerprint density at radius 2 is 2.23 bits per heavy atom. The standard InChI is InChI=1S/C9H16N2O2/c1-4-8(11-7(3)10)6-9(12)13-5-2/h4H,5-6H2,1-3H3,(H2,10,11)/b8-4-. The molecule has 0 rings (SSSR count). The number of allylic oxidation sites excluding steroid dienone is 1. The van der Waals surface area contributed by atoms with Crippen molar-refractivity contribution in [1.29, 1.82) is 0 Å². The minimum Gasteiger partial charge on any atom is -0.466 e. The van der Waals surface area contributed by atoms with Gasteiger partial charge in [-0.3, -0.25) is 4.79 Å². The van der Waals surface area contributed by atoms with Crippen LogP contribution in [0.1, 0.15) is 27.2 Å². The highest BCUT2D eigenvalue weighted by Gasteiger charge is 2.04. The van der Waals surface area contributed by atoms with Gasteiger partial charge in [0.2, 0.25) is 0 Å². The van der Waals surface area contributed by atoms with Crippen molar-refractivity contribution >= 4 is 11.8 Å². The largest absolute Gasteiger partial charge is 0.466 e. The van der Waals surface area contributed by atoms with Gasteiger partial charge >= 0.3 is 5.97 Å². The molecule has 2 N–H and O–H groups in total. The molecule has 0 aromatic rings. The lowest BCUT2D eigenvalue weighted by molar-refractivity contribution is -0.142. The van der Waals surface area contributed by atoms with Crippen LogP contribution in [0.3, 0.4) is 0 Å². The lowest BCUT2D eigenvalue weighted by Gasteiger charge is -2.02. The molecule has 0 unspecified atom stereocenters. The first-order chi connectivity index (χ1) is 6.10. The maximum Gasteiger partial charge on any atom is 0.311 e. The van der Waals surface area contributed by atoms with Gasteiger partial charge in [0.25, 0.3) is 0 Å². The number of carbonyl (C=O) groups is 1. The molecule has 0 atom stereocenters. The maximum absolute atomic E-state index is 11.0. The molecule has 0 saturated heterocycles. The van der Waals surface area contributed by atoms with Gasteiger partial charge in [0.15, 0.2) is 0 Å². The molecule has 0 bridgehead atoms. The highest BCUT2D eigenvalue weighted by Crippen LogP contribution is 2.04. The van der Waals surface area contributed by atoms with Crippen LogP contribution in [0, 0.1) is 0 Å². The van der Waals surface area contributed by atoms with E-state index in [9.17, 15) is 4.79 Å². The Morgan fingerprint density at radius 3 is 2.62 bits per heavy atom. The van der Waals surface area contributed by atoms with Gasteiger partial charge in [0.1, 0.15) is 0 Å². The van der Waals surface area contributed by atoms with Crippen LogP contribution in [0.15, 0.2) is 16.8 Å². The Morgan fingerprint density at radius 1 is 1.62 bits per heavy atom. The van der Waals surface area contributed by atoms with Crippen molar-refractivity contribution < 1.29 is 9.53 Å². The molecule has 4 heteroatoms. The SMILES string of the molecule is C/C=C(/CC(=O)OCC)N=C(C)N. The molecule has 0 spiro atoms. The summed E-state index contributed by atoms with van der Waals surface area (Å²) in [4.78, 5) is 15.0. The van der Waals surface area contributed by atoms with Gasteiger partial charge in [0, 0.05) is 5.70 Å². The van der Waals surface area contributed by atoms with Gasteiger partial charge in [-0.1, -0.05) is 6.08 Å². The summed E-state index contributed by atoms with van der Waals surface area (Å²) in [6, 6.07) is 0. The maximum atomic E-state index is 11.0. The molecule has 0 radical (unpaired) electrons. The zero-order chi connectivity index (χ0) is 10.3. The van der Waals surface area contributed by atoms with Crippen LogP contribution in [-0.2, 0) is 9.53 Å². The molecule has 0 aromatic carbocycles. The van der Waals surface area contributed by atoms with Crippen molar-refractivity contribution in [2.75, 3.05) is 6.61 Å². The number of amidine groups is 1. The van der Waals surface area contributed by atoms with Crippen molar-refractivity contribution in [3.05, 3.63) is 11.8 Å². The Balaban J connectivity index is 4.16. The highest BCUT2D eigenvalue weighted by atomic mass is 16.5. The van der Waals surface area contributed by atoms with Gasteiger partial charge < -0.3 is 10.5 Å². The second-order valence-electron chi connectivity index (χ2n) is 2.51. The number of aliphatic imine (C=N–C) groups is 1. The van der Waals surface area contributed by atoms with Crippen molar-refractivity contribution in [2.45, 2.75) is 27.2 Å². The molecule has 0 amide bonds. The van der Waals surface area contributed by atoms with Gasteiger partial charge in [0.05, 0.1) is 18.9 Å². The molecule has 74 valence electrons. The highest BCUT2D eigenvalue weighted by molar-refractivity contribution is 5.80.